The van der Waals surface area contributed by atoms with E-state index in [1.807, 2.05) is 24.3 Å². The fourth-order valence-electron chi connectivity index (χ4n) is 1.76. The molecule has 1 aromatic carbocycles. The summed E-state index contributed by atoms with van der Waals surface area (Å²) < 4.78 is 11.0. The summed E-state index contributed by atoms with van der Waals surface area (Å²) in [7, 11) is 0. The largest absolute Gasteiger partial charge is 0.494 e. The highest BCUT2D eigenvalue weighted by Gasteiger charge is 2.03. The van der Waals surface area contributed by atoms with Crippen molar-refractivity contribution in [2.45, 2.75) is 33.1 Å². The average Bonchev–Trinajstić information content (AvgIpc) is 2.48. The van der Waals surface area contributed by atoms with Crippen molar-refractivity contribution in [3.63, 3.8) is 0 Å². The molecule has 0 bridgehead atoms. The molecule has 0 heterocycles. The summed E-state index contributed by atoms with van der Waals surface area (Å²) >= 11 is 5.59. The first-order valence-corrected chi connectivity index (χ1v) is 8.31. The van der Waals surface area contributed by atoms with E-state index >= 15 is 0 Å². The van der Waals surface area contributed by atoms with Gasteiger partial charge in [0, 0.05) is 31.2 Å². The van der Waals surface area contributed by atoms with Crippen LogP contribution in [0.1, 0.15) is 33.1 Å². The molecule has 0 fully saturated rings. The Morgan fingerprint density at radius 1 is 1.18 bits per heavy atom. The zero-order chi connectivity index (χ0) is 16.2. The van der Waals surface area contributed by atoms with Crippen molar-refractivity contribution >= 4 is 23.2 Å². The van der Waals surface area contributed by atoms with E-state index in [9.17, 15) is 4.79 Å². The number of hydrogen-bond donors (Lipinski definition) is 1. The molecule has 0 saturated heterocycles. The highest BCUT2D eigenvalue weighted by molar-refractivity contribution is 6.17. The van der Waals surface area contributed by atoms with Crippen LogP contribution in [0.2, 0.25) is 0 Å². The molecule has 0 spiro atoms. The van der Waals surface area contributed by atoms with Gasteiger partial charge in [0.05, 0.1) is 6.61 Å². The van der Waals surface area contributed by atoms with E-state index in [4.69, 9.17) is 21.1 Å². The van der Waals surface area contributed by atoms with Crippen LogP contribution in [0, 0.1) is 5.92 Å². The van der Waals surface area contributed by atoms with Gasteiger partial charge in [0.25, 0.3) is 0 Å². The van der Waals surface area contributed by atoms with Crippen molar-refractivity contribution in [3.8, 4) is 5.75 Å². The molecule has 22 heavy (non-hydrogen) atoms. The molecule has 1 amide bonds. The van der Waals surface area contributed by atoms with Gasteiger partial charge in [-0.05, 0) is 43.0 Å². The molecule has 0 aliphatic heterocycles. The van der Waals surface area contributed by atoms with Gasteiger partial charge in [-0.15, -0.1) is 11.6 Å². The van der Waals surface area contributed by atoms with Gasteiger partial charge in [0.1, 0.15) is 5.75 Å². The molecule has 0 radical (unpaired) electrons. The molecule has 5 heteroatoms. The minimum Gasteiger partial charge on any atom is -0.494 e. The van der Waals surface area contributed by atoms with E-state index in [0.29, 0.717) is 31.4 Å². The summed E-state index contributed by atoms with van der Waals surface area (Å²) in [5.74, 6) is 1.91. The number of anilines is 1. The van der Waals surface area contributed by atoms with Crippen LogP contribution < -0.4 is 10.1 Å². The Kier molecular flexibility index (Phi) is 9.67. The summed E-state index contributed by atoms with van der Waals surface area (Å²) in [6.07, 6.45) is 2.02. The maximum Gasteiger partial charge on any atom is 0.224 e. The summed E-state index contributed by atoms with van der Waals surface area (Å²) in [5, 5.41) is 2.86. The van der Waals surface area contributed by atoms with Crippen LogP contribution in [0.25, 0.3) is 0 Å². The number of carbonyl (C=O) groups excluding carboxylic acids is 1. The number of carbonyl (C=O) groups is 1. The van der Waals surface area contributed by atoms with Gasteiger partial charge in [-0.2, -0.15) is 0 Å². The molecule has 0 aromatic heterocycles. The average molecular weight is 328 g/mol. The van der Waals surface area contributed by atoms with E-state index in [1.165, 1.54) is 0 Å². The Morgan fingerprint density at radius 2 is 1.91 bits per heavy atom. The highest BCUT2D eigenvalue weighted by Crippen LogP contribution is 2.16. The van der Waals surface area contributed by atoms with Gasteiger partial charge in [-0.25, -0.2) is 0 Å². The van der Waals surface area contributed by atoms with Crippen molar-refractivity contribution in [1.29, 1.82) is 0 Å². The van der Waals surface area contributed by atoms with Crippen molar-refractivity contribution in [3.05, 3.63) is 24.3 Å². The van der Waals surface area contributed by atoms with Crippen LogP contribution >= 0.6 is 11.6 Å². The van der Waals surface area contributed by atoms with Gasteiger partial charge in [0.2, 0.25) is 5.91 Å². The smallest absolute Gasteiger partial charge is 0.224 e. The van der Waals surface area contributed by atoms with Gasteiger partial charge in [-0.3, -0.25) is 4.79 Å². The second-order valence-electron chi connectivity index (χ2n) is 5.54. The lowest BCUT2D eigenvalue weighted by Crippen LogP contribution is -2.12. The number of halogens is 1. The topological polar surface area (TPSA) is 47.6 Å². The Hall–Kier alpha value is -1.26. The second-order valence-corrected chi connectivity index (χ2v) is 5.91. The fraction of sp³-hybridized carbons (Fsp3) is 0.588. The molecule has 1 aromatic rings. The van der Waals surface area contributed by atoms with Gasteiger partial charge in [-0.1, -0.05) is 13.8 Å². The normalized spacial score (nSPS) is 10.7. The van der Waals surface area contributed by atoms with Crippen LogP contribution in [0.3, 0.4) is 0 Å². The van der Waals surface area contributed by atoms with Crippen LogP contribution in [0.5, 0.6) is 5.75 Å². The first-order chi connectivity index (χ1) is 10.6. The third-order valence-corrected chi connectivity index (χ3v) is 3.10. The van der Waals surface area contributed by atoms with Crippen LogP contribution in [0.15, 0.2) is 24.3 Å². The van der Waals surface area contributed by atoms with E-state index in [-0.39, 0.29) is 5.91 Å². The zero-order valence-corrected chi connectivity index (χ0v) is 14.2. The molecule has 0 saturated carbocycles. The monoisotopic (exact) mass is 327 g/mol. The van der Waals surface area contributed by atoms with Crippen molar-refractivity contribution < 1.29 is 14.3 Å². The maximum absolute atomic E-state index is 11.8. The van der Waals surface area contributed by atoms with Gasteiger partial charge >= 0.3 is 0 Å². The summed E-state index contributed by atoms with van der Waals surface area (Å²) in [6.45, 7) is 6.18. The minimum atomic E-state index is 0.00366. The number of benzene rings is 1. The number of alkyl halides is 1. The van der Waals surface area contributed by atoms with Crippen LogP contribution in [-0.4, -0.2) is 31.6 Å². The van der Waals surface area contributed by atoms with E-state index in [0.717, 1.165) is 30.9 Å². The molecule has 0 unspecified atom stereocenters. The Labute approximate surface area is 138 Å². The zero-order valence-electron chi connectivity index (χ0n) is 13.4. The Bertz CT molecular complexity index is 420. The molecular weight excluding hydrogens is 302 g/mol. The SMILES string of the molecule is CC(C)COCCCC(=O)Nc1ccc(OCCCCl)cc1. The molecule has 0 aliphatic rings. The Balaban J connectivity index is 2.21. The summed E-state index contributed by atoms with van der Waals surface area (Å²) in [4.78, 5) is 11.8. The number of amides is 1. The highest BCUT2D eigenvalue weighted by atomic mass is 35.5. The third-order valence-electron chi connectivity index (χ3n) is 2.83. The molecule has 0 aliphatic carbocycles. The molecular formula is C17H26ClNO3. The quantitative estimate of drug-likeness (QED) is 0.492. The van der Waals surface area contributed by atoms with E-state index in [1.54, 1.807) is 0 Å². The predicted octanol–water partition coefficient (Wildman–Crippen LogP) is 4.09. The molecule has 4 nitrogen and oxygen atoms in total. The first-order valence-electron chi connectivity index (χ1n) is 7.78. The molecule has 1 N–H and O–H groups in total. The second kappa shape index (κ2) is 11.3. The van der Waals surface area contributed by atoms with Gasteiger partial charge < -0.3 is 14.8 Å². The third kappa shape index (κ3) is 8.90. The van der Waals surface area contributed by atoms with Crippen molar-refractivity contribution in [2.24, 2.45) is 5.92 Å². The van der Waals surface area contributed by atoms with Crippen LogP contribution in [-0.2, 0) is 9.53 Å². The standard InChI is InChI=1S/C17H26ClNO3/c1-14(2)13-21-11-3-5-17(20)19-15-6-8-16(9-7-15)22-12-4-10-18/h6-9,14H,3-5,10-13H2,1-2H3,(H,19,20). The number of rotatable bonds is 11. The lowest BCUT2D eigenvalue weighted by molar-refractivity contribution is -0.116. The number of ether oxygens (including phenoxy) is 2. The summed E-state index contributed by atoms with van der Waals surface area (Å²) in [5.41, 5.74) is 0.776. The maximum atomic E-state index is 11.8. The molecule has 124 valence electrons. The lowest BCUT2D eigenvalue weighted by Gasteiger charge is -2.09. The molecule has 1 rings (SSSR count). The van der Waals surface area contributed by atoms with E-state index < -0.39 is 0 Å². The van der Waals surface area contributed by atoms with Crippen LogP contribution in [0.4, 0.5) is 5.69 Å². The lowest BCUT2D eigenvalue weighted by atomic mass is 10.2. The number of nitrogens with one attached hydrogen (secondary N) is 1. The van der Waals surface area contributed by atoms with E-state index in [2.05, 4.69) is 19.2 Å². The molecule has 0 atom stereocenters. The van der Waals surface area contributed by atoms with Crippen molar-refractivity contribution in [1.82, 2.24) is 0 Å². The minimum absolute atomic E-state index is 0.00366. The number of hydrogen-bond acceptors (Lipinski definition) is 3. The Morgan fingerprint density at radius 3 is 2.55 bits per heavy atom. The van der Waals surface area contributed by atoms with Crippen molar-refractivity contribution in [2.75, 3.05) is 31.0 Å². The predicted molar refractivity (Wildman–Crippen MR) is 90.8 cm³/mol. The van der Waals surface area contributed by atoms with Gasteiger partial charge in [0.15, 0.2) is 0 Å². The fourth-order valence-corrected chi connectivity index (χ4v) is 1.87. The summed E-state index contributed by atoms with van der Waals surface area (Å²) in [6, 6.07) is 7.36. The first kappa shape index (κ1) is 18.8.